The Morgan fingerprint density at radius 3 is 2.25 bits per heavy atom. The molecule has 110 valence electrons. The molecule has 2 heteroatoms. The van der Waals surface area contributed by atoms with Crippen LogP contribution < -0.4 is 0 Å². The van der Waals surface area contributed by atoms with Gasteiger partial charge in [0.1, 0.15) is 0 Å². The Hall–Kier alpha value is -1.31. The number of benzene rings is 1. The molecule has 0 amide bonds. The maximum absolute atomic E-state index is 11.0. The standard InChI is InChI=1S/C18H26O2/c1-13(2)17(12-18(19)20)16-10-8-15(9-11-16)14-6-4-3-5-7-14/h8-11,13-14,17H,3-7,12H2,1-2H3,(H,19,20)/t17-/m0/s1. The van der Waals surface area contributed by atoms with E-state index in [0.29, 0.717) is 5.92 Å². The van der Waals surface area contributed by atoms with Crippen molar-refractivity contribution in [2.45, 2.75) is 64.2 Å². The molecule has 1 aliphatic carbocycles. The van der Waals surface area contributed by atoms with Crippen molar-refractivity contribution in [1.82, 2.24) is 0 Å². The summed E-state index contributed by atoms with van der Waals surface area (Å²) >= 11 is 0. The molecular formula is C18H26O2. The average molecular weight is 274 g/mol. The molecule has 0 unspecified atom stereocenters. The lowest BCUT2D eigenvalue weighted by Gasteiger charge is -2.24. The summed E-state index contributed by atoms with van der Waals surface area (Å²) in [7, 11) is 0. The van der Waals surface area contributed by atoms with Crippen LogP contribution in [-0.4, -0.2) is 11.1 Å². The van der Waals surface area contributed by atoms with Gasteiger partial charge in [-0.05, 0) is 41.7 Å². The molecule has 0 aliphatic heterocycles. The van der Waals surface area contributed by atoms with E-state index >= 15 is 0 Å². The summed E-state index contributed by atoms with van der Waals surface area (Å²) in [5.74, 6) is 0.481. The van der Waals surface area contributed by atoms with Gasteiger partial charge in [-0.15, -0.1) is 0 Å². The molecular weight excluding hydrogens is 248 g/mol. The van der Waals surface area contributed by atoms with E-state index in [4.69, 9.17) is 5.11 Å². The Kier molecular flexibility index (Phi) is 5.22. The third kappa shape index (κ3) is 3.84. The molecule has 1 aliphatic rings. The van der Waals surface area contributed by atoms with Gasteiger partial charge in [0.15, 0.2) is 0 Å². The van der Waals surface area contributed by atoms with Crippen molar-refractivity contribution in [2.24, 2.45) is 5.92 Å². The zero-order valence-corrected chi connectivity index (χ0v) is 12.6. The minimum Gasteiger partial charge on any atom is -0.481 e. The summed E-state index contributed by atoms with van der Waals surface area (Å²) < 4.78 is 0. The first-order chi connectivity index (χ1) is 9.58. The highest BCUT2D eigenvalue weighted by Crippen LogP contribution is 2.34. The molecule has 2 rings (SSSR count). The molecule has 0 aromatic heterocycles. The maximum Gasteiger partial charge on any atom is 0.303 e. The highest BCUT2D eigenvalue weighted by molar-refractivity contribution is 5.68. The lowest BCUT2D eigenvalue weighted by Crippen LogP contribution is -2.12. The van der Waals surface area contributed by atoms with Crippen molar-refractivity contribution in [3.8, 4) is 0 Å². The topological polar surface area (TPSA) is 37.3 Å². The summed E-state index contributed by atoms with van der Waals surface area (Å²) in [4.78, 5) is 11.0. The Morgan fingerprint density at radius 2 is 1.75 bits per heavy atom. The summed E-state index contributed by atoms with van der Waals surface area (Å²) in [5, 5.41) is 9.05. The van der Waals surface area contributed by atoms with Crippen molar-refractivity contribution in [2.75, 3.05) is 0 Å². The van der Waals surface area contributed by atoms with E-state index in [1.807, 2.05) is 0 Å². The van der Waals surface area contributed by atoms with Crippen LogP contribution in [0.25, 0.3) is 0 Å². The molecule has 0 bridgehead atoms. The largest absolute Gasteiger partial charge is 0.481 e. The number of carboxylic acid groups (broad SMARTS) is 1. The van der Waals surface area contributed by atoms with Crippen molar-refractivity contribution in [3.63, 3.8) is 0 Å². The van der Waals surface area contributed by atoms with E-state index in [1.165, 1.54) is 43.2 Å². The van der Waals surface area contributed by atoms with Crippen molar-refractivity contribution in [1.29, 1.82) is 0 Å². The summed E-state index contributed by atoms with van der Waals surface area (Å²) in [5.41, 5.74) is 2.60. The third-order valence-electron chi connectivity index (χ3n) is 4.64. The highest BCUT2D eigenvalue weighted by Gasteiger charge is 2.20. The van der Waals surface area contributed by atoms with Crippen LogP contribution in [0.3, 0.4) is 0 Å². The predicted molar refractivity (Wildman–Crippen MR) is 82.1 cm³/mol. The van der Waals surface area contributed by atoms with Gasteiger partial charge in [0, 0.05) is 0 Å². The number of hydrogen-bond acceptors (Lipinski definition) is 1. The quantitative estimate of drug-likeness (QED) is 0.825. The maximum atomic E-state index is 11.0. The van der Waals surface area contributed by atoms with Gasteiger partial charge in [-0.25, -0.2) is 0 Å². The van der Waals surface area contributed by atoms with Crippen LogP contribution in [-0.2, 0) is 4.79 Å². The molecule has 20 heavy (non-hydrogen) atoms. The number of hydrogen-bond donors (Lipinski definition) is 1. The van der Waals surface area contributed by atoms with Gasteiger partial charge in [-0.3, -0.25) is 4.79 Å². The van der Waals surface area contributed by atoms with E-state index in [2.05, 4.69) is 38.1 Å². The van der Waals surface area contributed by atoms with Crippen LogP contribution in [0, 0.1) is 5.92 Å². The number of carboxylic acids is 1. The van der Waals surface area contributed by atoms with Gasteiger partial charge in [0.25, 0.3) is 0 Å². The lowest BCUT2D eigenvalue weighted by molar-refractivity contribution is -0.137. The zero-order chi connectivity index (χ0) is 14.5. The van der Waals surface area contributed by atoms with E-state index in [-0.39, 0.29) is 12.3 Å². The molecule has 1 aromatic carbocycles. The smallest absolute Gasteiger partial charge is 0.303 e. The van der Waals surface area contributed by atoms with Crippen LogP contribution >= 0.6 is 0 Å². The zero-order valence-electron chi connectivity index (χ0n) is 12.6. The second-order valence-corrected chi connectivity index (χ2v) is 6.45. The first kappa shape index (κ1) is 15.1. The minimum atomic E-state index is -0.708. The lowest BCUT2D eigenvalue weighted by atomic mass is 9.81. The average Bonchev–Trinajstić information content (AvgIpc) is 2.45. The Labute approximate surface area is 122 Å². The van der Waals surface area contributed by atoms with Gasteiger partial charge >= 0.3 is 5.97 Å². The Balaban J connectivity index is 2.10. The van der Waals surface area contributed by atoms with Crippen LogP contribution in [0.5, 0.6) is 0 Å². The molecule has 0 radical (unpaired) electrons. The van der Waals surface area contributed by atoms with Crippen LogP contribution in [0.1, 0.15) is 75.3 Å². The van der Waals surface area contributed by atoms with E-state index in [9.17, 15) is 4.79 Å². The minimum absolute atomic E-state index is 0.118. The molecule has 1 N–H and O–H groups in total. The van der Waals surface area contributed by atoms with Crippen molar-refractivity contribution in [3.05, 3.63) is 35.4 Å². The van der Waals surface area contributed by atoms with Crippen molar-refractivity contribution < 1.29 is 9.90 Å². The van der Waals surface area contributed by atoms with Gasteiger partial charge in [-0.1, -0.05) is 57.4 Å². The van der Waals surface area contributed by atoms with Crippen LogP contribution in [0.4, 0.5) is 0 Å². The van der Waals surface area contributed by atoms with E-state index in [1.54, 1.807) is 0 Å². The summed E-state index contributed by atoms with van der Waals surface area (Å²) in [6, 6.07) is 8.75. The SMILES string of the molecule is CC(C)[C@H](CC(=O)O)c1ccc(C2CCCCC2)cc1. The van der Waals surface area contributed by atoms with Crippen molar-refractivity contribution >= 4 is 5.97 Å². The summed E-state index contributed by atoms with van der Waals surface area (Å²) in [6.45, 7) is 4.20. The fourth-order valence-corrected chi connectivity index (χ4v) is 3.38. The van der Waals surface area contributed by atoms with E-state index < -0.39 is 5.97 Å². The number of rotatable bonds is 5. The van der Waals surface area contributed by atoms with Gasteiger partial charge < -0.3 is 5.11 Å². The molecule has 1 saturated carbocycles. The second kappa shape index (κ2) is 6.92. The Bertz CT molecular complexity index is 427. The second-order valence-electron chi connectivity index (χ2n) is 6.45. The molecule has 1 atom stereocenters. The highest BCUT2D eigenvalue weighted by atomic mass is 16.4. The first-order valence-corrected chi connectivity index (χ1v) is 7.89. The molecule has 1 fully saturated rings. The number of aliphatic carboxylic acids is 1. The predicted octanol–water partition coefficient (Wildman–Crippen LogP) is 4.95. The fraction of sp³-hybridized carbons (Fsp3) is 0.611. The third-order valence-corrected chi connectivity index (χ3v) is 4.64. The van der Waals surface area contributed by atoms with Crippen LogP contribution in [0.2, 0.25) is 0 Å². The van der Waals surface area contributed by atoms with Gasteiger partial charge in [-0.2, -0.15) is 0 Å². The summed E-state index contributed by atoms with van der Waals surface area (Å²) in [6.07, 6.45) is 6.91. The fourth-order valence-electron chi connectivity index (χ4n) is 3.38. The molecule has 0 spiro atoms. The van der Waals surface area contributed by atoms with Gasteiger partial charge in [0.05, 0.1) is 6.42 Å². The Morgan fingerprint density at radius 1 is 1.15 bits per heavy atom. The monoisotopic (exact) mass is 274 g/mol. The normalized spacial score (nSPS) is 18.1. The van der Waals surface area contributed by atoms with Gasteiger partial charge in [0.2, 0.25) is 0 Å². The molecule has 1 aromatic rings. The first-order valence-electron chi connectivity index (χ1n) is 7.89. The van der Waals surface area contributed by atoms with E-state index in [0.717, 1.165) is 5.92 Å². The molecule has 2 nitrogen and oxygen atoms in total. The van der Waals surface area contributed by atoms with Crippen LogP contribution in [0.15, 0.2) is 24.3 Å². The number of carbonyl (C=O) groups is 1. The molecule has 0 heterocycles. The molecule has 0 saturated heterocycles.